The Kier molecular flexibility index (Phi) is 2.79. The molecule has 4 nitrogen and oxygen atoms in total. The van der Waals surface area contributed by atoms with E-state index >= 15 is 0 Å². The van der Waals surface area contributed by atoms with Gasteiger partial charge in [0.2, 0.25) is 5.43 Å². The Bertz CT molecular complexity index is 876. The fourth-order valence-electron chi connectivity index (χ4n) is 2.23. The van der Waals surface area contributed by atoms with Crippen molar-refractivity contribution in [3.05, 3.63) is 58.3 Å². The lowest BCUT2D eigenvalue weighted by Crippen LogP contribution is -2.09. The SMILES string of the molecule is CC(C(=O)O)c1ccc2oc3ccccc3c(=O)c2c1. The van der Waals surface area contributed by atoms with Crippen LogP contribution in [0.5, 0.6) is 0 Å². The number of fused-ring (bicyclic) bond motifs is 2. The summed E-state index contributed by atoms with van der Waals surface area (Å²) in [4.78, 5) is 23.5. The number of carboxylic acid groups (broad SMARTS) is 1. The summed E-state index contributed by atoms with van der Waals surface area (Å²) in [5.41, 5.74) is 1.45. The van der Waals surface area contributed by atoms with Crippen molar-refractivity contribution in [3.63, 3.8) is 0 Å². The molecule has 100 valence electrons. The summed E-state index contributed by atoms with van der Waals surface area (Å²) in [5, 5.41) is 9.96. The zero-order valence-electron chi connectivity index (χ0n) is 10.8. The van der Waals surface area contributed by atoms with Crippen LogP contribution in [0.3, 0.4) is 0 Å². The lowest BCUT2D eigenvalue weighted by molar-refractivity contribution is -0.138. The van der Waals surface area contributed by atoms with E-state index in [0.29, 0.717) is 27.5 Å². The minimum absolute atomic E-state index is 0.138. The molecule has 2 aromatic carbocycles. The summed E-state index contributed by atoms with van der Waals surface area (Å²) in [6, 6.07) is 12.0. The van der Waals surface area contributed by atoms with Gasteiger partial charge in [0.1, 0.15) is 11.2 Å². The second-order valence-electron chi connectivity index (χ2n) is 4.74. The molecule has 0 radical (unpaired) electrons. The Balaban J connectivity index is 2.34. The standard InChI is InChI=1S/C16H12O4/c1-9(16(18)19)10-6-7-14-12(8-10)15(17)11-4-2-3-5-13(11)20-14/h2-9H,1H3,(H,18,19). The number of benzene rings is 2. The first-order valence-corrected chi connectivity index (χ1v) is 6.26. The number of hydrogen-bond donors (Lipinski definition) is 1. The molecule has 0 saturated heterocycles. The molecule has 20 heavy (non-hydrogen) atoms. The molecule has 0 aliphatic rings. The molecule has 0 bridgehead atoms. The minimum Gasteiger partial charge on any atom is -0.481 e. The number of carboxylic acids is 1. The predicted octanol–water partition coefficient (Wildman–Crippen LogP) is 3.13. The van der Waals surface area contributed by atoms with Crippen LogP contribution < -0.4 is 5.43 Å². The summed E-state index contributed by atoms with van der Waals surface area (Å²) in [5.74, 6) is -1.58. The van der Waals surface area contributed by atoms with E-state index in [1.54, 1.807) is 49.4 Å². The van der Waals surface area contributed by atoms with Gasteiger partial charge in [-0.15, -0.1) is 0 Å². The number of hydrogen-bond acceptors (Lipinski definition) is 3. The van der Waals surface area contributed by atoms with Crippen LogP contribution in [0.4, 0.5) is 0 Å². The summed E-state index contributed by atoms with van der Waals surface area (Å²) in [7, 11) is 0. The van der Waals surface area contributed by atoms with Crippen molar-refractivity contribution in [2.24, 2.45) is 0 Å². The van der Waals surface area contributed by atoms with Gasteiger partial charge < -0.3 is 9.52 Å². The Morgan fingerprint density at radius 1 is 1.10 bits per heavy atom. The average Bonchev–Trinajstić information content (AvgIpc) is 2.46. The third-order valence-electron chi connectivity index (χ3n) is 3.47. The lowest BCUT2D eigenvalue weighted by atomic mass is 9.99. The molecule has 0 saturated carbocycles. The predicted molar refractivity (Wildman–Crippen MR) is 76.0 cm³/mol. The molecule has 4 heteroatoms. The van der Waals surface area contributed by atoms with Gasteiger partial charge in [0.25, 0.3) is 0 Å². The molecule has 3 aromatic rings. The van der Waals surface area contributed by atoms with Gasteiger partial charge >= 0.3 is 5.97 Å². The second kappa shape index (κ2) is 4.49. The Morgan fingerprint density at radius 2 is 1.80 bits per heavy atom. The second-order valence-corrected chi connectivity index (χ2v) is 4.74. The largest absolute Gasteiger partial charge is 0.481 e. The fraction of sp³-hybridized carbons (Fsp3) is 0.125. The molecule has 1 N–H and O–H groups in total. The smallest absolute Gasteiger partial charge is 0.310 e. The van der Waals surface area contributed by atoms with Gasteiger partial charge in [0.05, 0.1) is 16.7 Å². The van der Waals surface area contributed by atoms with Crippen LogP contribution in [0.2, 0.25) is 0 Å². The molecule has 0 aliphatic carbocycles. The van der Waals surface area contributed by atoms with Crippen LogP contribution in [0.15, 0.2) is 51.7 Å². The van der Waals surface area contributed by atoms with Crippen LogP contribution in [0.25, 0.3) is 21.9 Å². The number of carbonyl (C=O) groups is 1. The van der Waals surface area contributed by atoms with Crippen LogP contribution in [-0.4, -0.2) is 11.1 Å². The molecule has 0 spiro atoms. The van der Waals surface area contributed by atoms with Gasteiger partial charge in [0, 0.05) is 0 Å². The minimum atomic E-state index is -0.922. The van der Waals surface area contributed by atoms with Gasteiger partial charge in [-0.2, -0.15) is 0 Å². The van der Waals surface area contributed by atoms with Crippen molar-refractivity contribution < 1.29 is 14.3 Å². The highest BCUT2D eigenvalue weighted by Gasteiger charge is 2.15. The molecule has 0 fully saturated rings. The molecule has 1 unspecified atom stereocenters. The number of aliphatic carboxylic acids is 1. The average molecular weight is 268 g/mol. The quantitative estimate of drug-likeness (QED) is 0.725. The summed E-state index contributed by atoms with van der Waals surface area (Å²) < 4.78 is 5.67. The van der Waals surface area contributed by atoms with E-state index in [0.717, 1.165) is 0 Å². The maximum atomic E-state index is 12.4. The van der Waals surface area contributed by atoms with Crippen molar-refractivity contribution in [1.29, 1.82) is 0 Å². The van der Waals surface area contributed by atoms with E-state index in [1.165, 1.54) is 0 Å². The van der Waals surface area contributed by atoms with Crippen molar-refractivity contribution in [2.45, 2.75) is 12.8 Å². The highest BCUT2D eigenvalue weighted by Crippen LogP contribution is 2.23. The maximum Gasteiger partial charge on any atom is 0.310 e. The Labute approximate surface area is 114 Å². The molecule has 0 amide bonds. The van der Waals surface area contributed by atoms with Crippen LogP contribution >= 0.6 is 0 Å². The summed E-state index contributed by atoms with van der Waals surface area (Å²) >= 11 is 0. The summed E-state index contributed by atoms with van der Waals surface area (Å²) in [6.07, 6.45) is 0. The maximum absolute atomic E-state index is 12.4. The zero-order chi connectivity index (χ0) is 14.3. The molecule has 0 aliphatic heterocycles. The van der Waals surface area contributed by atoms with Crippen LogP contribution in [0, 0.1) is 0 Å². The highest BCUT2D eigenvalue weighted by atomic mass is 16.4. The van der Waals surface area contributed by atoms with Crippen molar-refractivity contribution in [3.8, 4) is 0 Å². The first-order chi connectivity index (χ1) is 9.58. The highest BCUT2D eigenvalue weighted by molar-refractivity contribution is 5.90. The van der Waals surface area contributed by atoms with Gasteiger partial charge in [0.15, 0.2) is 0 Å². The molecular formula is C16H12O4. The number of para-hydroxylation sites is 1. The van der Waals surface area contributed by atoms with Crippen LogP contribution in [0.1, 0.15) is 18.4 Å². The molecule has 1 aromatic heterocycles. The number of rotatable bonds is 2. The van der Waals surface area contributed by atoms with E-state index in [4.69, 9.17) is 9.52 Å². The molecule has 1 atom stereocenters. The van der Waals surface area contributed by atoms with Crippen molar-refractivity contribution >= 4 is 27.9 Å². The van der Waals surface area contributed by atoms with Crippen LogP contribution in [-0.2, 0) is 4.79 Å². The van der Waals surface area contributed by atoms with Gasteiger partial charge in [-0.3, -0.25) is 9.59 Å². The first-order valence-electron chi connectivity index (χ1n) is 6.26. The third kappa shape index (κ3) is 1.86. The zero-order valence-corrected chi connectivity index (χ0v) is 10.8. The fourth-order valence-corrected chi connectivity index (χ4v) is 2.23. The monoisotopic (exact) mass is 268 g/mol. The summed E-state index contributed by atoms with van der Waals surface area (Å²) in [6.45, 7) is 1.59. The topological polar surface area (TPSA) is 67.5 Å². The Hall–Kier alpha value is -2.62. The molecule has 3 rings (SSSR count). The van der Waals surface area contributed by atoms with E-state index in [9.17, 15) is 9.59 Å². The van der Waals surface area contributed by atoms with E-state index in [-0.39, 0.29) is 5.43 Å². The third-order valence-corrected chi connectivity index (χ3v) is 3.47. The van der Waals surface area contributed by atoms with E-state index in [2.05, 4.69) is 0 Å². The first kappa shape index (κ1) is 12.4. The lowest BCUT2D eigenvalue weighted by Gasteiger charge is -2.08. The van der Waals surface area contributed by atoms with Gasteiger partial charge in [-0.25, -0.2) is 0 Å². The van der Waals surface area contributed by atoms with E-state index < -0.39 is 11.9 Å². The van der Waals surface area contributed by atoms with Gasteiger partial charge in [-0.05, 0) is 36.8 Å². The molecule has 1 heterocycles. The Morgan fingerprint density at radius 3 is 2.55 bits per heavy atom. The normalized spacial score (nSPS) is 12.7. The van der Waals surface area contributed by atoms with Crippen molar-refractivity contribution in [1.82, 2.24) is 0 Å². The van der Waals surface area contributed by atoms with Gasteiger partial charge in [-0.1, -0.05) is 18.2 Å². The van der Waals surface area contributed by atoms with E-state index in [1.807, 2.05) is 0 Å². The molecular weight excluding hydrogens is 256 g/mol. The van der Waals surface area contributed by atoms with Crippen molar-refractivity contribution in [2.75, 3.05) is 0 Å².